The number of pyridine rings is 1. The highest BCUT2D eigenvalue weighted by atomic mass is 35.5. The zero-order valence-electron chi connectivity index (χ0n) is 10.7. The predicted molar refractivity (Wildman–Crippen MR) is 81.6 cm³/mol. The number of nitrogens with zero attached hydrogens (tertiary/aromatic N) is 1. The minimum atomic E-state index is 0.147. The van der Waals surface area contributed by atoms with Crippen molar-refractivity contribution in [2.24, 2.45) is 0 Å². The number of rotatable bonds is 5. The van der Waals surface area contributed by atoms with Gasteiger partial charge < -0.3 is 9.47 Å². The first-order chi connectivity index (χ1) is 9.60. The van der Waals surface area contributed by atoms with Gasteiger partial charge in [-0.15, -0.1) is 0 Å². The van der Waals surface area contributed by atoms with E-state index in [1.54, 1.807) is 12.1 Å². The second-order valence-corrected chi connectivity index (χ2v) is 5.14. The molecule has 0 atom stereocenters. The van der Waals surface area contributed by atoms with Gasteiger partial charge in [-0.1, -0.05) is 41.7 Å². The van der Waals surface area contributed by atoms with Crippen LogP contribution in [-0.4, -0.2) is 11.6 Å². The molecule has 0 aliphatic heterocycles. The van der Waals surface area contributed by atoms with Gasteiger partial charge in [-0.25, -0.2) is 0 Å². The summed E-state index contributed by atoms with van der Waals surface area (Å²) in [6.45, 7) is 2.73. The number of hydrogen-bond acceptors (Lipinski definition) is 3. The lowest BCUT2D eigenvalue weighted by Gasteiger charge is -2.09. The molecule has 0 bridgehead atoms. The Morgan fingerprint density at radius 2 is 1.65 bits per heavy atom. The van der Waals surface area contributed by atoms with E-state index in [-0.39, 0.29) is 16.1 Å². The number of halogens is 3. The molecule has 106 valence electrons. The van der Waals surface area contributed by atoms with E-state index in [1.165, 1.54) is 6.07 Å². The van der Waals surface area contributed by atoms with Crippen molar-refractivity contribution in [1.29, 1.82) is 0 Å². The summed E-state index contributed by atoms with van der Waals surface area (Å²) >= 11 is 17.6. The van der Waals surface area contributed by atoms with E-state index in [9.17, 15) is 0 Å². The highest BCUT2D eigenvalue weighted by Crippen LogP contribution is 2.33. The van der Waals surface area contributed by atoms with Crippen molar-refractivity contribution in [1.82, 2.24) is 4.98 Å². The molecule has 1 aromatic heterocycles. The van der Waals surface area contributed by atoms with Crippen LogP contribution in [0.5, 0.6) is 17.4 Å². The molecule has 1 heterocycles. The summed E-state index contributed by atoms with van der Waals surface area (Å²) in [6.07, 6.45) is 0.959. The van der Waals surface area contributed by atoms with E-state index >= 15 is 0 Å². The Balaban J connectivity index is 2.12. The SMILES string of the molecule is CCCOc1ccc(Oc2nc(Cl)c(Cl)cc2Cl)cc1. The first-order valence-corrected chi connectivity index (χ1v) is 7.15. The lowest BCUT2D eigenvalue weighted by molar-refractivity contribution is 0.317. The van der Waals surface area contributed by atoms with Gasteiger partial charge in [0.2, 0.25) is 5.88 Å². The van der Waals surface area contributed by atoms with Crippen LogP contribution in [0.2, 0.25) is 15.2 Å². The van der Waals surface area contributed by atoms with E-state index in [0.29, 0.717) is 17.4 Å². The largest absolute Gasteiger partial charge is 0.494 e. The molecule has 0 aliphatic rings. The van der Waals surface area contributed by atoms with E-state index in [2.05, 4.69) is 11.9 Å². The first-order valence-electron chi connectivity index (χ1n) is 6.02. The third-order valence-corrected chi connectivity index (χ3v) is 3.31. The third-order valence-electron chi connectivity index (χ3n) is 2.37. The zero-order valence-corrected chi connectivity index (χ0v) is 13.0. The Morgan fingerprint density at radius 1 is 1.00 bits per heavy atom. The van der Waals surface area contributed by atoms with Gasteiger partial charge in [-0.3, -0.25) is 0 Å². The monoisotopic (exact) mass is 331 g/mol. The summed E-state index contributed by atoms with van der Waals surface area (Å²) in [5.41, 5.74) is 0. The van der Waals surface area contributed by atoms with Gasteiger partial charge >= 0.3 is 0 Å². The fraction of sp³-hybridized carbons (Fsp3) is 0.214. The average molecular weight is 333 g/mol. The van der Waals surface area contributed by atoms with Crippen molar-refractivity contribution in [2.75, 3.05) is 6.61 Å². The molecule has 3 nitrogen and oxygen atoms in total. The molecule has 0 amide bonds. The van der Waals surface area contributed by atoms with Crippen molar-refractivity contribution in [3.8, 4) is 17.4 Å². The third kappa shape index (κ3) is 3.92. The van der Waals surface area contributed by atoms with Crippen LogP contribution in [0, 0.1) is 0 Å². The Hall–Kier alpha value is -1.16. The summed E-state index contributed by atoms with van der Waals surface area (Å²) in [7, 11) is 0. The molecule has 0 radical (unpaired) electrons. The fourth-order valence-corrected chi connectivity index (χ4v) is 1.96. The molecule has 0 N–H and O–H groups in total. The average Bonchev–Trinajstić information content (AvgIpc) is 2.44. The minimum Gasteiger partial charge on any atom is -0.494 e. The Labute approximate surface area is 132 Å². The second-order valence-electron chi connectivity index (χ2n) is 3.97. The molecular weight excluding hydrogens is 321 g/mol. The Bertz CT molecular complexity index is 588. The normalized spacial score (nSPS) is 10.4. The number of ether oxygens (including phenoxy) is 2. The fourth-order valence-electron chi connectivity index (χ4n) is 1.44. The van der Waals surface area contributed by atoms with Crippen LogP contribution in [0.25, 0.3) is 0 Å². The summed E-state index contributed by atoms with van der Waals surface area (Å²) in [5.74, 6) is 1.58. The van der Waals surface area contributed by atoms with Crippen molar-refractivity contribution in [3.63, 3.8) is 0 Å². The van der Waals surface area contributed by atoms with E-state index < -0.39 is 0 Å². The smallest absolute Gasteiger partial charge is 0.239 e. The molecule has 0 saturated carbocycles. The second kappa shape index (κ2) is 7.02. The lowest BCUT2D eigenvalue weighted by Crippen LogP contribution is -1.95. The maximum atomic E-state index is 6.00. The van der Waals surface area contributed by atoms with Crippen LogP contribution in [0.1, 0.15) is 13.3 Å². The van der Waals surface area contributed by atoms with Gasteiger partial charge in [-0.05, 0) is 36.8 Å². The first kappa shape index (κ1) is 15.2. The van der Waals surface area contributed by atoms with Crippen LogP contribution in [0.4, 0.5) is 0 Å². The van der Waals surface area contributed by atoms with E-state index in [0.717, 1.165) is 12.2 Å². The summed E-state index contributed by atoms with van der Waals surface area (Å²) in [5, 5.41) is 0.729. The van der Waals surface area contributed by atoms with Crippen molar-refractivity contribution in [3.05, 3.63) is 45.5 Å². The predicted octanol–water partition coefficient (Wildman–Crippen LogP) is 5.62. The van der Waals surface area contributed by atoms with Crippen LogP contribution in [0.3, 0.4) is 0 Å². The van der Waals surface area contributed by atoms with Crippen molar-refractivity contribution in [2.45, 2.75) is 13.3 Å². The molecule has 0 spiro atoms. The van der Waals surface area contributed by atoms with Crippen LogP contribution >= 0.6 is 34.8 Å². The molecule has 2 aromatic rings. The molecule has 0 saturated heterocycles. The molecule has 0 unspecified atom stereocenters. The van der Waals surface area contributed by atoms with Gasteiger partial charge in [0.25, 0.3) is 0 Å². The molecular formula is C14H12Cl3NO2. The number of hydrogen-bond donors (Lipinski definition) is 0. The van der Waals surface area contributed by atoms with Crippen LogP contribution in [-0.2, 0) is 0 Å². The molecule has 0 fully saturated rings. The molecule has 1 aromatic carbocycles. The standard InChI is InChI=1S/C14H12Cl3NO2/c1-2-7-19-9-3-5-10(6-4-9)20-14-12(16)8-11(15)13(17)18-14/h3-6,8H,2,7H2,1H3. The Morgan fingerprint density at radius 3 is 2.30 bits per heavy atom. The van der Waals surface area contributed by atoms with Gasteiger partial charge in [0.15, 0.2) is 5.15 Å². The zero-order chi connectivity index (χ0) is 14.5. The molecule has 20 heavy (non-hydrogen) atoms. The molecule has 6 heteroatoms. The number of aromatic nitrogens is 1. The Kier molecular flexibility index (Phi) is 5.35. The van der Waals surface area contributed by atoms with Gasteiger partial charge in [0.05, 0.1) is 11.6 Å². The van der Waals surface area contributed by atoms with Gasteiger partial charge in [0.1, 0.15) is 16.5 Å². The maximum Gasteiger partial charge on any atom is 0.239 e. The molecule has 0 aliphatic carbocycles. The van der Waals surface area contributed by atoms with Crippen LogP contribution < -0.4 is 9.47 Å². The van der Waals surface area contributed by atoms with Crippen LogP contribution in [0.15, 0.2) is 30.3 Å². The lowest BCUT2D eigenvalue weighted by atomic mass is 10.3. The highest BCUT2D eigenvalue weighted by molar-refractivity contribution is 6.42. The van der Waals surface area contributed by atoms with E-state index in [1.807, 2.05) is 12.1 Å². The summed E-state index contributed by atoms with van der Waals surface area (Å²) in [4.78, 5) is 3.99. The van der Waals surface area contributed by atoms with Gasteiger partial charge in [0, 0.05) is 0 Å². The topological polar surface area (TPSA) is 31.4 Å². The maximum absolute atomic E-state index is 6.00. The quantitative estimate of drug-likeness (QED) is 0.666. The molecule has 2 rings (SSSR count). The van der Waals surface area contributed by atoms with Gasteiger partial charge in [-0.2, -0.15) is 4.98 Å². The summed E-state index contributed by atoms with van der Waals surface area (Å²) in [6, 6.07) is 8.66. The van der Waals surface area contributed by atoms with Crippen molar-refractivity contribution >= 4 is 34.8 Å². The van der Waals surface area contributed by atoms with Crippen molar-refractivity contribution < 1.29 is 9.47 Å². The highest BCUT2D eigenvalue weighted by Gasteiger charge is 2.10. The van der Waals surface area contributed by atoms with E-state index in [4.69, 9.17) is 44.3 Å². The number of benzene rings is 1. The summed E-state index contributed by atoms with van der Waals surface area (Å²) < 4.78 is 11.0. The minimum absolute atomic E-state index is 0.147.